The van der Waals surface area contributed by atoms with Gasteiger partial charge in [0.15, 0.2) is 0 Å². The summed E-state index contributed by atoms with van der Waals surface area (Å²) in [5, 5.41) is 3.45. The van der Waals surface area contributed by atoms with Crippen LogP contribution in [0.4, 0.5) is 11.4 Å². The Morgan fingerprint density at radius 3 is 2.25 bits per heavy atom. The smallest absolute Gasteiger partial charge is 0.222 e. The Labute approximate surface area is 144 Å². The van der Waals surface area contributed by atoms with E-state index in [1.165, 1.54) is 11.3 Å². The Morgan fingerprint density at radius 2 is 1.62 bits per heavy atom. The van der Waals surface area contributed by atoms with Crippen molar-refractivity contribution in [2.45, 2.75) is 19.9 Å². The lowest BCUT2D eigenvalue weighted by molar-refractivity contribution is -0.131. The van der Waals surface area contributed by atoms with E-state index in [-0.39, 0.29) is 5.91 Å². The highest BCUT2D eigenvalue weighted by molar-refractivity contribution is 5.76. The number of benzene rings is 2. The monoisotopic (exact) mass is 323 g/mol. The van der Waals surface area contributed by atoms with Crippen molar-refractivity contribution < 1.29 is 4.79 Å². The number of anilines is 2. The maximum absolute atomic E-state index is 11.7. The average molecular weight is 323 g/mol. The molecule has 4 nitrogen and oxygen atoms in total. The van der Waals surface area contributed by atoms with E-state index in [9.17, 15) is 4.79 Å². The van der Waals surface area contributed by atoms with Gasteiger partial charge < -0.3 is 15.1 Å². The third kappa shape index (κ3) is 4.07. The van der Waals surface area contributed by atoms with Crippen molar-refractivity contribution in [3.63, 3.8) is 0 Å². The Kier molecular flexibility index (Phi) is 5.36. The van der Waals surface area contributed by atoms with E-state index in [1.807, 2.05) is 17.9 Å². The Morgan fingerprint density at radius 1 is 0.958 bits per heavy atom. The summed E-state index contributed by atoms with van der Waals surface area (Å²) in [5.74, 6) is 0.259. The van der Waals surface area contributed by atoms with Gasteiger partial charge in [0, 0.05) is 50.5 Å². The molecule has 0 aliphatic carbocycles. The number of amides is 1. The fraction of sp³-hybridized carbons (Fsp3) is 0.350. The number of nitrogens with zero attached hydrogens (tertiary/aromatic N) is 2. The topological polar surface area (TPSA) is 35.6 Å². The van der Waals surface area contributed by atoms with E-state index >= 15 is 0 Å². The molecular weight excluding hydrogens is 298 g/mol. The van der Waals surface area contributed by atoms with E-state index in [0.29, 0.717) is 6.42 Å². The highest BCUT2D eigenvalue weighted by Crippen LogP contribution is 2.20. The number of rotatable bonds is 5. The number of carbonyl (C=O) groups excluding carboxylic acids is 1. The van der Waals surface area contributed by atoms with Gasteiger partial charge in [0.1, 0.15) is 0 Å². The summed E-state index contributed by atoms with van der Waals surface area (Å²) in [5.41, 5.74) is 3.63. The average Bonchev–Trinajstić information content (AvgIpc) is 2.67. The van der Waals surface area contributed by atoms with Crippen LogP contribution in [0.3, 0.4) is 0 Å². The molecule has 2 aromatic rings. The molecular formula is C20H25N3O. The molecule has 4 heteroatoms. The van der Waals surface area contributed by atoms with Gasteiger partial charge in [-0.2, -0.15) is 0 Å². The maximum atomic E-state index is 11.7. The first-order valence-electron chi connectivity index (χ1n) is 8.67. The van der Waals surface area contributed by atoms with E-state index in [4.69, 9.17) is 0 Å². The number of nitrogens with one attached hydrogen (secondary N) is 1. The Balaban J connectivity index is 1.52. The van der Waals surface area contributed by atoms with Crippen molar-refractivity contribution in [3.05, 3.63) is 60.2 Å². The van der Waals surface area contributed by atoms with Crippen LogP contribution in [0.1, 0.15) is 18.9 Å². The molecule has 0 spiro atoms. The number of carbonyl (C=O) groups is 1. The first-order chi connectivity index (χ1) is 11.8. The van der Waals surface area contributed by atoms with Crippen molar-refractivity contribution in [2.75, 3.05) is 36.4 Å². The van der Waals surface area contributed by atoms with Crippen molar-refractivity contribution in [1.82, 2.24) is 4.90 Å². The third-order valence-electron chi connectivity index (χ3n) is 4.51. The van der Waals surface area contributed by atoms with Crippen molar-refractivity contribution >= 4 is 17.3 Å². The molecule has 24 heavy (non-hydrogen) atoms. The van der Waals surface area contributed by atoms with Gasteiger partial charge in [-0.3, -0.25) is 4.79 Å². The molecule has 1 heterocycles. The minimum atomic E-state index is 0.259. The van der Waals surface area contributed by atoms with E-state index < -0.39 is 0 Å². The second kappa shape index (κ2) is 7.86. The lowest BCUT2D eigenvalue weighted by Crippen LogP contribution is -2.48. The molecule has 0 bridgehead atoms. The predicted octanol–water partition coefficient (Wildman–Crippen LogP) is 3.36. The molecule has 1 aliphatic rings. The second-order valence-electron chi connectivity index (χ2n) is 6.11. The van der Waals surface area contributed by atoms with Crippen molar-refractivity contribution in [3.8, 4) is 0 Å². The molecule has 0 saturated carbocycles. The molecule has 126 valence electrons. The molecule has 2 aromatic carbocycles. The van der Waals surface area contributed by atoms with E-state index in [2.05, 4.69) is 58.7 Å². The molecule has 3 rings (SSSR count). The molecule has 0 aromatic heterocycles. The van der Waals surface area contributed by atoms with Gasteiger partial charge in [-0.1, -0.05) is 37.3 Å². The third-order valence-corrected chi connectivity index (χ3v) is 4.51. The summed E-state index contributed by atoms with van der Waals surface area (Å²) in [6, 6.07) is 19.0. The molecule has 1 amide bonds. The minimum absolute atomic E-state index is 0.259. The first kappa shape index (κ1) is 16.4. The molecule has 1 aliphatic heterocycles. The van der Waals surface area contributed by atoms with Crippen LogP contribution in [0.15, 0.2) is 54.6 Å². The summed E-state index contributed by atoms with van der Waals surface area (Å²) in [7, 11) is 0. The van der Waals surface area contributed by atoms with Crippen LogP contribution in [0.5, 0.6) is 0 Å². The molecule has 1 fully saturated rings. The first-order valence-corrected chi connectivity index (χ1v) is 8.67. The van der Waals surface area contributed by atoms with Gasteiger partial charge in [0.05, 0.1) is 0 Å². The number of piperazine rings is 1. The van der Waals surface area contributed by atoms with Crippen LogP contribution in [-0.4, -0.2) is 37.0 Å². The highest BCUT2D eigenvalue weighted by Gasteiger charge is 2.19. The van der Waals surface area contributed by atoms with Gasteiger partial charge in [-0.05, 0) is 29.8 Å². The second-order valence-corrected chi connectivity index (χ2v) is 6.11. The van der Waals surface area contributed by atoms with Crippen LogP contribution in [0, 0.1) is 0 Å². The molecule has 0 radical (unpaired) electrons. The summed E-state index contributed by atoms with van der Waals surface area (Å²) in [6.07, 6.45) is 0.599. The number of hydrogen-bond acceptors (Lipinski definition) is 3. The number of hydrogen-bond donors (Lipinski definition) is 1. The lowest BCUT2D eigenvalue weighted by Gasteiger charge is -2.36. The van der Waals surface area contributed by atoms with Crippen LogP contribution < -0.4 is 10.2 Å². The zero-order chi connectivity index (χ0) is 16.8. The molecule has 1 N–H and O–H groups in total. The molecule has 0 unspecified atom stereocenters. The van der Waals surface area contributed by atoms with Gasteiger partial charge in [-0.15, -0.1) is 0 Å². The molecule has 1 saturated heterocycles. The van der Waals surface area contributed by atoms with Crippen LogP contribution in [-0.2, 0) is 11.3 Å². The van der Waals surface area contributed by atoms with Crippen LogP contribution >= 0.6 is 0 Å². The highest BCUT2D eigenvalue weighted by atomic mass is 16.2. The minimum Gasteiger partial charge on any atom is -0.381 e. The summed E-state index contributed by atoms with van der Waals surface area (Å²) in [6.45, 7) is 6.21. The summed E-state index contributed by atoms with van der Waals surface area (Å²) >= 11 is 0. The molecule has 0 atom stereocenters. The predicted molar refractivity (Wildman–Crippen MR) is 99.3 cm³/mol. The van der Waals surface area contributed by atoms with E-state index in [0.717, 1.165) is 38.4 Å². The Hall–Kier alpha value is -2.49. The summed E-state index contributed by atoms with van der Waals surface area (Å²) < 4.78 is 0. The zero-order valence-electron chi connectivity index (χ0n) is 14.2. The standard InChI is InChI=1S/C20H25N3O/c1-2-20(24)23-14-12-22(13-15-23)19-10-8-18(9-11-19)21-16-17-6-4-3-5-7-17/h3-11,21H,2,12-16H2,1H3. The fourth-order valence-electron chi connectivity index (χ4n) is 3.03. The van der Waals surface area contributed by atoms with Gasteiger partial charge >= 0.3 is 0 Å². The van der Waals surface area contributed by atoms with Crippen molar-refractivity contribution in [1.29, 1.82) is 0 Å². The fourth-order valence-corrected chi connectivity index (χ4v) is 3.03. The maximum Gasteiger partial charge on any atom is 0.222 e. The largest absolute Gasteiger partial charge is 0.381 e. The SMILES string of the molecule is CCC(=O)N1CCN(c2ccc(NCc3ccccc3)cc2)CC1. The van der Waals surface area contributed by atoms with Crippen LogP contribution in [0.2, 0.25) is 0 Å². The normalized spacial score (nSPS) is 14.5. The van der Waals surface area contributed by atoms with E-state index in [1.54, 1.807) is 0 Å². The summed E-state index contributed by atoms with van der Waals surface area (Å²) in [4.78, 5) is 16.1. The van der Waals surface area contributed by atoms with Crippen LogP contribution in [0.25, 0.3) is 0 Å². The Bertz CT molecular complexity index is 646. The zero-order valence-corrected chi connectivity index (χ0v) is 14.2. The van der Waals surface area contributed by atoms with Gasteiger partial charge in [-0.25, -0.2) is 0 Å². The van der Waals surface area contributed by atoms with Gasteiger partial charge in [0.25, 0.3) is 0 Å². The van der Waals surface area contributed by atoms with Crippen molar-refractivity contribution in [2.24, 2.45) is 0 Å². The van der Waals surface area contributed by atoms with Gasteiger partial charge in [0.2, 0.25) is 5.91 Å². The lowest BCUT2D eigenvalue weighted by atomic mass is 10.2. The quantitative estimate of drug-likeness (QED) is 0.916.